The lowest BCUT2D eigenvalue weighted by Gasteiger charge is -2.40. The van der Waals surface area contributed by atoms with Gasteiger partial charge in [-0.25, -0.2) is 0 Å². The van der Waals surface area contributed by atoms with Crippen LogP contribution in [0.3, 0.4) is 0 Å². The molecule has 0 bridgehead atoms. The summed E-state index contributed by atoms with van der Waals surface area (Å²) in [5, 5.41) is 6.30. The van der Waals surface area contributed by atoms with Crippen LogP contribution in [0.4, 0.5) is 0 Å². The van der Waals surface area contributed by atoms with Gasteiger partial charge in [0, 0.05) is 17.3 Å². The van der Waals surface area contributed by atoms with Gasteiger partial charge >= 0.3 is 0 Å². The highest BCUT2D eigenvalue weighted by atomic mass is 32.2. The van der Waals surface area contributed by atoms with Gasteiger partial charge in [-0.1, -0.05) is 20.3 Å². The Kier molecular flexibility index (Phi) is 5.80. The quantitative estimate of drug-likeness (QED) is 0.734. The third-order valence-electron chi connectivity index (χ3n) is 3.82. The number of nitrogens with one attached hydrogen (secondary N) is 2. The third kappa shape index (κ3) is 4.51. The summed E-state index contributed by atoms with van der Waals surface area (Å²) in [4.78, 5) is 11.7. The van der Waals surface area contributed by atoms with Gasteiger partial charge in [-0.3, -0.25) is 4.79 Å². The average molecular weight is 258 g/mol. The van der Waals surface area contributed by atoms with E-state index in [1.54, 1.807) is 0 Å². The molecule has 3 nitrogen and oxygen atoms in total. The third-order valence-corrected chi connectivity index (χ3v) is 5.24. The summed E-state index contributed by atoms with van der Waals surface area (Å²) in [5.41, 5.74) is 0. The summed E-state index contributed by atoms with van der Waals surface area (Å²) < 4.78 is 0.407. The first-order chi connectivity index (χ1) is 7.99. The van der Waals surface area contributed by atoms with Crippen molar-refractivity contribution in [1.29, 1.82) is 0 Å². The zero-order chi connectivity index (χ0) is 12.9. The van der Waals surface area contributed by atoms with Crippen LogP contribution < -0.4 is 10.6 Å². The molecule has 0 aliphatic heterocycles. The maximum Gasteiger partial charge on any atom is 0.234 e. The first kappa shape index (κ1) is 14.8. The second-order valence-electron chi connectivity index (χ2n) is 5.44. The molecular formula is C13H26N2OS. The van der Waals surface area contributed by atoms with Gasteiger partial charge in [0.25, 0.3) is 0 Å². The summed E-state index contributed by atoms with van der Waals surface area (Å²) in [7, 11) is 0. The number of thioether (sulfide) groups is 1. The van der Waals surface area contributed by atoms with Crippen molar-refractivity contribution in [2.75, 3.05) is 19.3 Å². The fraction of sp³-hybridized carbons (Fsp3) is 0.923. The zero-order valence-electron chi connectivity index (χ0n) is 11.5. The molecule has 4 heteroatoms. The first-order valence-electron chi connectivity index (χ1n) is 6.54. The van der Waals surface area contributed by atoms with Gasteiger partial charge in [-0.15, -0.1) is 0 Å². The zero-order valence-corrected chi connectivity index (χ0v) is 12.3. The molecule has 0 radical (unpaired) electrons. The van der Waals surface area contributed by atoms with Crippen molar-refractivity contribution in [3.63, 3.8) is 0 Å². The number of hydrogen-bond donors (Lipinski definition) is 2. The highest BCUT2D eigenvalue weighted by molar-refractivity contribution is 8.00. The molecular weight excluding hydrogens is 232 g/mol. The standard InChI is InChI=1S/C13H26N2OS/c1-10(2)11(3)15-12(16)8-14-9-13(17-4)6-5-7-13/h10-11,14H,5-9H2,1-4H3,(H,15,16). The van der Waals surface area contributed by atoms with Crippen LogP contribution in [0.25, 0.3) is 0 Å². The van der Waals surface area contributed by atoms with Gasteiger partial charge in [0.15, 0.2) is 0 Å². The van der Waals surface area contributed by atoms with Crippen LogP contribution >= 0.6 is 11.8 Å². The van der Waals surface area contributed by atoms with E-state index in [1.807, 2.05) is 11.8 Å². The smallest absolute Gasteiger partial charge is 0.234 e. The lowest BCUT2D eigenvalue weighted by atomic mass is 9.84. The molecule has 0 aromatic rings. The van der Waals surface area contributed by atoms with Gasteiger partial charge in [0.1, 0.15) is 0 Å². The van der Waals surface area contributed by atoms with E-state index in [-0.39, 0.29) is 11.9 Å². The Bertz CT molecular complexity index is 246. The van der Waals surface area contributed by atoms with Crippen molar-refractivity contribution in [2.24, 2.45) is 5.92 Å². The maximum atomic E-state index is 11.7. The summed E-state index contributed by atoms with van der Waals surface area (Å²) >= 11 is 1.94. The molecule has 0 spiro atoms. The van der Waals surface area contributed by atoms with Crippen LogP contribution in [0.5, 0.6) is 0 Å². The lowest BCUT2D eigenvalue weighted by Crippen LogP contribution is -2.47. The second kappa shape index (κ2) is 6.64. The molecule has 1 atom stereocenters. The summed E-state index contributed by atoms with van der Waals surface area (Å²) in [5.74, 6) is 0.602. The number of amides is 1. The van der Waals surface area contributed by atoms with Crippen LogP contribution in [0.2, 0.25) is 0 Å². The van der Waals surface area contributed by atoms with E-state index in [2.05, 4.69) is 37.7 Å². The number of rotatable bonds is 7. The lowest BCUT2D eigenvalue weighted by molar-refractivity contribution is -0.121. The van der Waals surface area contributed by atoms with Crippen molar-refractivity contribution in [3.05, 3.63) is 0 Å². The highest BCUT2D eigenvalue weighted by Crippen LogP contribution is 2.41. The molecule has 0 aromatic heterocycles. The Hall–Kier alpha value is -0.220. The van der Waals surface area contributed by atoms with E-state index < -0.39 is 0 Å². The van der Waals surface area contributed by atoms with Crippen molar-refractivity contribution < 1.29 is 4.79 Å². The van der Waals surface area contributed by atoms with Crippen molar-refractivity contribution in [1.82, 2.24) is 10.6 Å². The minimum Gasteiger partial charge on any atom is -0.352 e. The predicted molar refractivity (Wildman–Crippen MR) is 75.4 cm³/mol. The number of hydrogen-bond acceptors (Lipinski definition) is 3. The van der Waals surface area contributed by atoms with Gasteiger partial charge in [-0.2, -0.15) is 11.8 Å². The van der Waals surface area contributed by atoms with Gasteiger partial charge in [-0.05, 0) is 31.9 Å². The Morgan fingerprint density at radius 3 is 2.41 bits per heavy atom. The normalized spacial score (nSPS) is 19.8. The molecule has 1 saturated carbocycles. The van der Waals surface area contributed by atoms with Crippen LogP contribution in [0.15, 0.2) is 0 Å². The summed E-state index contributed by atoms with van der Waals surface area (Å²) in [6.45, 7) is 7.69. The average Bonchev–Trinajstić information content (AvgIpc) is 2.21. The molecule has 0 heterocycles. The monoisotopic (exact) mass is 258 g/mol. The molecule has 1 unspecified atom stereocenters. The van der Waals surface area contributed by atoms with E-state index in [1.165, 1.54) is 19.3 Å². The minimum absolute atomic E-state index is 0.113. The largest absolute Gasteiger partial charge is 0.352 e. The van der Waals surface area contributed by atoms with Crippen LogP contribution in [0, 0.1) is 5.92 Å². The van der Waals surface area contributed by atoms with Gasteiger partial charge in [0.05, 0.1) is 6.54 Å². The van der Waals surface area contributed by atoms with Gasteiger partial charge in [0.2, 0.25) is 5.91 Å². The maximum absolute atomic E-state index is 11.7. The predicted octanol–water partition coefficient (Wildman–Crippen LogP) is 2.02. The van der Waals surface area contributed by atoms with Gasteiger partial charge < -0.3 is 10.6 Å². The Morgan fingerprint density at radius 2 is 2.00 bits per heavy atom. The first-order valence-corrected chi connectivity index (χ1v) is 7.77. The summed E-state index contributed by atoms with van der Waals surface area (Å²) in [6.07, 6.45) is 6.07. The molecule has 1 rings (SSSR count). The number of carbonyl (C=O) groups excluding carboxylic acids is 1. The SMILES string of the molecule is CSC1(CNCC(=O)NC(C)C(C)C)CCC1. The molecule has 1 aliphatic rings. The van der Waals surface area contributed by atoms with E-state index in [4.69, 9.17) is 0 Å². The van der Waals surface area contributed by atoms with Crippen LogP contribution in [-0.2, 0) is 4.79 Å². The molecule has 1 amide bonds. The van der Waals surface area contributed by atoms with Crippen molar-refractivity contribution in [2.45, 2.75) is 50.8 Å². The fourth-order valence-electron chi connectivity index (χ4n) is 1.90. The van der Waals surface area contributed by atoms with E-state index >= 15 is 0 Å². The topological polar surface area (TPSA) is 41.1 Å². The minimum atomic E-state index is 0.113. The second-order valence-corrected chi connectivity index (χ2v) is 6.72. The highest BCUT2D eigenvalue weighted by Gasteiger charge is 2.35. The van der Waals surface area contributed by atoms with E-state index in [0.29, 0.717) is 17.2 Å². The molecule has 0 saturated heterocycles. The molecule has 17 heavy (non-hydrogen) atoms. The fourth-order valence-corrected chi connectivity index (χ4v) is 2.84. The Balaban J connectivity index is 2.16. The van der Waals surface area contributed by atoms with Crippen molar-refractivity contribution in [3.8, 4) is 0 Å². The van der Waals surface area contributed by atoms with Crippen LogP contribution in [-0.4, -0.2) is 36.0 Å². The van der Waals surface area contributed by atoms with Crippen molar-refractivity contribution >= 4 is 17.7 Å². The van der Waals surface area contributed by atoms with Crippen LogP contribution in [0.1, 0.15) is 40.0 Å². The molecule has 2 N–H and O–H groups in total. The summed E-state index contributed by atoms with van der Waals surface area (Å²) in [6, 6.07) is 0.252. The molecule has 0 aromatic carbocycles. The Labute approximate surface area is 109 Å². The molecule has 100 valence electrons. The van der Waals surface area contributed by atoms with E-state index in [0.717, 1.165) is 6.54 Å². The molecule has 1 aliphatic carbocycles. The number of carbonyl (C=O) groups is 1. The molecule has 1 fully saturated rings. The Morgan fingerprint density at radius 1 is 1.35 bits per heavy atom. The van der Waals surface area contributed by atoms with E-state index in [9.17, 15) is 4.79 Å².